The van der Waals surface area contributed by atoms with E-state index >= 15 is 0 Å². The lowest BCUT2D eigenvalue weighted by Gasteiger charge is -2.13. The molecule has 0 saturated heterocycles. The van der Waals surface area contributed by atoms with E-state index in [-0.39, 0.29) is 5.91 Å². The molecular formula is C21H26N4O. The summed E-state index contributed by atoms with van der Waals surface area (Å²) in [6.45, 7) is 1.42. The maximum Gasteiger partial charge on any atom is 0.254 e. The number of carbonyl (C=O) groups is 1. The molecule has 3 rings (SSSR count). The van der Waals surface area contributed by atoms with E-state index in [0.29, 0.717) is 18.1 Å². The molecule has 1 aliphatic carbocycles. The van der Waals surface area contributed by atoms with Gasteiger partial charge in [-0.2, -0.15) is 0 Å². The Morgan fingerprint density at radius 3 is 2.54 bits per heavy atom. The van der Waals surface area contributed by atoms with Crippen LogP contribution in [0.2, 0.25) is 0 Å². The minimum Gasteiger partial charge on any atom is -0.354 e. The molecule has 5 nitrogen and oxygen atoms in total. The van der Waals surface area contributed by atoms with Crippen LogP contribution in [0.25, 0.3) is 0 Å². The smallest absolute Gasteiger partial charge is 0.254 e. The van der Waals surface area contributed by atoms with E-state index in [1.807, 2.05) is 18.2 Å². The van der Waals surface area contributed by atoms with E-state index in [1.54, 1.807) is 12.4 Å². The molecule has 0 aliphatic heterocycles. The Balaban J connectivity index is 1.40. The molecule has 1 aromatic heterocycles. The second-order valence-corrected chi connectivity index (χ2v) is 6.57. The molecule has 0 radical (unpaired) electrons. The van der Waals surface area contributed by atoms with Crippen LogP contribution >= 0.6 is 0 Å². The van der Waals surface area contributed by atoms with Crippen LogP contribution in [0.3, 0.4) is 0 Å². The Labute approximate surface area is 155 Å². The molecule has 1 amide bonds. The van der Waals surface area contributed by atoms with Crippen LogP contribution in [0.15, 0.2) is 54.4 Å². The summed E-state index contributed by atoms with van der Waals surface area (Å²) in [7, 11) is 0. The Morgan fingerprint density at radius 1 is 1.00 bits per heavy atom. The average molecular weight is 350 g/mol. The fraction of sp³-hybridized carbons (Fsp3) is 0.381. The van der Waals surface area contributed by atoms with E-state index in [0.717, 1.165) is 19.4 Å². The molecule has 136 valence electrons. The first-order valence-corrected chi connectivity index (χ1v) is 9.37. The van der Waals surface area contributed by atoms with Gasteiger partial charge < -0.3 is 10.6 Å². The number of rotatable bonds is 8. The SMILES string of the molecule is O=C(NCCC1=CCCCC1)c1cnc(NCCc2ccccc2)nc1. The van der Waals surface area contributed by atoms with Gasteiger partial charge >= 0.3 is 0 Å². The Kier molecular flexibility index (Phi) is 6.76. The topological polar surface area (TPSA) is 66.9 Å². The highest BCUT2D eigenvalue weighted by atomic mass is 16.1. The van der Waals surface area contributed by atoms with Crippen LogP contribution in [0.1, 0.15) is 48.0 Å². The lowest BCUT2D eigenvalue weighted by Crippen LogP contribution is -2.25. The first kappa shape index (κ1) is 18.1. The zero-order chi connectivity index (χ0) is 18.0. The summed E-state index contributed by atoms with van der Waals surface area (Å²) in [5, 5.41) is 6.13. The Morgan fingerprint density at radius 2 is 1.81 bits per heavy atom. The van der Waals surface area contributed by atoms with E-state index in [2.05, 4.69) is 38.8 Å². The highest BCUT2D eigenvalue weighted by Crippen LogP contribution is 2.19. The van der Waals surface area contributed by atoms with Crippen LogP contribution in [-0.4, -0.2) is 29.0 Å². The summed E-state index contributed by atoms with van der Waals surface area (Å²) in [5.74, 6) is 0.432. The molecule has 0 fully saturated rings. The first-order chi connectivity index (χ1) is 12.8. The molecule has 0 unspecified atom stereocenters. The number of benzene rings is 1. The number of amides is 1. The van der Waals surface area contributed by atoms with E-state index in [9.17, 15) is 4.79 Å². The van der Waals surface area contributed by atoms with Crippen molar-refractivity contribution < 1.29 is 4.79 Å². The van der Waals surface area contributed by atoms with E-state index in [4.69, 9.17) is 0 Å². The van der Waals surface area contributed by atoms with Crippen molar-refractivity contribution >= 4 is 11.9 Å². The maximum absolute atomic E-state index is 12.2. The van der Waals surface area contributed by atoms with Crippen LogP contribution < -0.4 is 10.6 Å². The summed E-state index contributed by atoms with van der Waals surface area (Å²) >= 11 is 0. The van der Waals surface area contributed by atoms with Crippen LogP contribution in [0, 0.1) is 0 Å². The zero-order valence-electron chi connectivity index (χ0n) is 15.1. The number of anilines is 1. The third-order valence-electron chi connectivity index (χ3n) is 4.57. The van der Waals surface area contributed by atoms with Crippen molar-refractivity contribution in [1.29, 1.82) is 0 Å². The number of aromatic nitrogens is 2. The summed E-state index contributed by atoms with van der Waals surface area (Å²) in [6.07, 6.45) is 12.2. The molecule has 2 N–H and O–H groups in total. The van der Waals surface area contributed by atoms with Crippen molar-refractivity contribution in [2.75, 3.05) is 18.4 Å². The highest BCUT2D eigenvalue weighted by Gasteiger charge is 2.08. The fourth-order valence-electron chi connectivity index (χ4n) is 3.07. The molecule has 1 heterocycles. The van der Waals surface area contributed by atoms with Gasteiger partial charge in [0.15, 0.2) is 0 Å². The summed E-state index contributed by atoms with van der Waals surface area (Å²) in [6, 6.07) is 10.3. The second-order valence-electron chi connectivity index (χ2n) is 6.57. The van der Waals surface area contributed by atoms with Gasteiger partial charge in [-0.05, 0) is 44.1 Å². The maximum atomic E-state index is 12.2. The summed E-state index contributed by atoms with van der Waals surface area (Å²) in [5.41, 5.74) is 3.23. The summed E-state index contributed by atoms with van der Waals surface area (Å²) < 4.78 is 0. The zero-order valence-corrected chi connectivity index (χ0v) is 15.1. The number of allylic oxidation sites excluding steroid dienone is 1. The predicted molar refractivity (Wildman–Crippen MR) is 104 cm³/mol. The van der Waals surface area contributed by atoms with Gasteiger partial charge in [0.25, 0.3) is 5.91 Å². The average Bonchev–Trinajstić information content (AvgIpc) is 2.70. The monoisotopic (exact) mass is 350 g/mol. The molecule has 0 spiro atoms. The van der Waals surface area contributed by atoms with Gasteiger partial charge in [0.1, 0.15) is 0 Å². The number of nitrogens with one attached hydrogen (secondary N) is 2. The lowest BCUT2D eigenvalue weighted by atomic mass is 9.97. The molecule has 0 atom stereocenters. The van der Waals surface area contributed by atoms with Crippen molar-refractivity contribution in [1.82, 2.24) is 15.3 Å². The van der Waals surface area contributed by atoms with Gasteiger partial charge in [0, 0.05) is 25.5 Å². The molecule has 0 saturated carbocycles. The molecule has 1 aliphatic rings. The third kappa shape index (κ3) is 5.69. The minimum atomic E-state index is -0.114. The largest absolute Gasteiger partial charge is 0.354 e. The van der Waals surface area contributed by atoms with Crippen LogP contribution in [0.5, 0.6) is 0 Å². The minimum absolute atomic E-state index is 0.114. The Hall–Kier alpha value is -2.69. The van der Waals surface area contributed by atoms with Crippen molar-refractivity contribution in [3.63, 3.8) is 0 Å². The standard InChI is InChI=1S/C21H26N4O/c26-20(22-13-11-17-7-3-1-4-8-17)19-15-24-21(25-16-19)23-14-12-18-9-5-2-6-10-18/h2,5-7,9-10,15-16H,1,3-4,8,11-14H2,(H,22,26)(H,23,24,25). The number of nitrogens with zero attached hydrogens (tertiary/aromatic N) is 2. The van der Waals surface area contributed by atoms with Crippen LogP contribution in [0.4, 0.5) is 5.95 Å². The fourth-order valence-corrected chi connectivity index (χ4v) is 3.07. The Bertz CT molecular complexity index is 725. The molecule has 26 heavy (non-hydrogen) atoms. The van der Waals surface area contributed by atoms with E-state index in [1.165, 1.54) is 36.8 Å². The van der Waals surface area contributed by atoms with Gasteiger partial charge in [-0.25, -0.2) is 9.97 Å². The molecule has 1 aromatic carbocycles. The van der Waals surface area contributed by atoms with Gasteiger partial charge in [-0.15, -0.1) is 0 Å². The second kappa shape index (κ2) is 9.70. The molecular weight excluding hydrogens is 324 g/mol. The highest BCUT2D eigenvalue weighted by molar-refractivity contribution is 5.93. The van der Waals surface area contributed by atoms with Crippen molar-refractivity contribution in [3.8, 4) is 0 Å². The van der Waals surface area contributed by atoms with Crippen molar-refractivity contribution in [2.24, 2.45) is 0 Å². The van der Waals surface area contributed by atoms with Gasteiger partial charge in [-0.3, -0.25) is 4.79 Å². The third-order valence-corrected chi connectivity index (χ3v) is 4.57. The van der Waals surface area contributed by atoms with E-state index < -0.39 is 0 Å². The number of hydrogen-bond acceptors (Lipinski definition) is 4. The molecule has 0 bridgehead atoms. The quantitative estimate of drug-likeness (QED) is 0.712. The molecule has 5 heteroatoms. The predicted octanol–water partition coefficient (Wildman–Crippen LogP) is 3.75. The van der Waals surface area contributed by atoms with Gasteiger partial charge in [-0.1, -0.05) is 42.0 Å². The summed E-state index contributed by atoms with van der Waals surface area (Å²) in [4.78, 5) is 20.6. The number of carbonyl (C=O) groups excluding carboxylic acids is 1. The lowest BCUT2D eigenvalue weighted by molar-refractivity contribution is 0.0953. The first-order valence-electron chi connectivity index (χ1n) is 9.37. The van der Waals surface area contributed by atoms with Gasteiger partial charge in [0.05, 0.1) is 5.56 Å². The molecule has 2 aromatic rings. The number of hydrogen-bond donors (Lipinski definition) is 2. The van der Waals surface area contributed by atoms with Crippen LogP contribution in [-0.2, 0) is 6.42 Å². The van der Waals surface area contributed by atoms with Crippen molar-refractivity contribution in [2.45, 2.75) is 38.5 Å². The van der Waals surface area contributed by atoms with Gasteiger partial charge in [0.2, 0.25) is 5.95 Å². The van der Waals surface area contributed by atoms with Crippen molar-refractivity contribution in [3.05, 3.63) is 65.5 Å². The normalized spacial score (nSPS) is 13.8.